The van der Waals surface area contributed by atoms with E-state index in [1.54, 1.807) is 53.3 Å². The minimum atomic E-state index is 0. The van der Waals surface area contributed by atoms with Crippen LogP contribution in [0.2, 0.25) is 0 Å². The molecule has 9 aromatic rings. The fraction of sp³-hybridized carbons (Fsp3) is 0.0930. The van der Waals surface area contributed by atoms with E-state index < -0.39 is 0 Å². The van der Waals surface area contributed by atoms with E-state index in [9.17, 15) is 10.2 Å². The smallest absolute Gasteiger partial charge is 0.129 e. The number of benzene rings is 6. The number of aryl methyl sites for hydroxylation is 3. The third-order valence-corrected chi connectivity index (χ3v) is 11.4. The Labute approximate surface area is 351 Å². The van der Waals surface area contributed by atoms with Gasteiger partial charge in [-0.2, -0.15) is 0 Å². The van der Waals surface area contributed by atoms with Crippen LogP contribution < -0.4 is 4.74 Å². The van der Waals surface area contributed by atoms with Crippen LogP contribution in [0, 0.1) is 20.8 Å². The van der Waals surface area contributed by atoms with Crippen molar-refractivity contribution >= 4 is 64.7 Å². The maximum Gasteiger partial charge on any atom is 0.129 e. The third-order valence-electron chi connectivity index (χ3n) is 8.24. The number of phenolic OH excluding ortho intramolecular Hbond substituents is 2. The second kappa shape index (κ2) is 18.3. The van der Waals surface area contributed by atoms with Crippen LogP contribution in [0.4, 0.5) is 0 Å². The summed E-state index contributed by atoms with van der Waals surface area (Å²) in [6.45, 7) is 6.19. The molecule has 0 unspecified atom stereocenters. The number of phenols is 2. The van der Waals surface area contributed by atoms with E-state index in [-0.39, 0.29) is 50.5 Å². The van der Waals surface area contributed by atoms with Crippen molar-refractivity contribution in [2.75, 3.05) is 7.11 Å². The van der Waals surface area contributed by atoms with Gasteiger partial charge in [0.1, 0.15) is 32.3 Å². The number of methoxy groups -OCH3 is 1. The van der Waals surface area contributed by atoms with Gasteiger partial charge in [0.05, 0.1) is 54.5 Å². The Hall–Kier alpha value is -4.36. The molecule has 0 aliphatic heterocycles. The number of fused-ring (bicyclic) bond motifs is 3. The predicted molar refractivity (Wildman–Crippen MR) is 219 cm³/mol. The van der Waals surface area contributed by atoms with Crippen LogP contribution in [0.1, 0.15) is 16.7 Å². The Balaban J connectivity index is 0.000000153. The number of nitrogens with zero attached hydrogens (tertiary/aromatic N) is 3. The molecule has 0 saturated heterocycles. The first kappa shape index (κ1) is 40.8. The fourth-order valence-electron chi connectivity index (χ4n) is 5.59. The molecule has 0 aliphatic rings. The van der Waals surface area contributed by atoms with Gasteiger partial charge in [0.15, 0.2) is 0 Å². The van der Waals surface area contributed by atoms with Crippen molar-refractivity contribution < 1.29 is 53.9 Å². The summed E-state index contributed by atoms with van der Waals surface area (Å²) >= 11 is 4.90. The molecular weight excluding hydrogens is 833 g/mol. The zero-order valence-corrected chi connectivity index (χ0v) is 38.8. The zero-order chi connectivity index (χ0) is 36.2. The van der Waals surface area contributed by atoms with Gasteiger partial charge >= 0.3 is 0 Å². The molecule has 262 valence electrons. The molecule has 54 heavy (non-hydrogen) atoms. The third kappa shape index (κ3) is 9.28. The van der Waals surface area contributed by atoms with Gasteiger partial charge in [0, 0.05) is 39.0 Å². The van der Waals surface area contributed by atoms with E-state index >= 15 is 0 Å². The SMILES string of the molecule is COc1ccccc1-c1nc2cc(C)ccc2s1.Cc1ccc2sc(-c3ccccc3O)nc2c1.Cc1ccc2sc(-c3ccccc3O)nc2c1.[Zn].[Zn]. The van der Waals surface area contributed by atoms with Gasteiger partial charge < -0.3 is 14.9 Å². The van der Waals surface area contributed by atoms with Crippen molar-refractivity contribution in [3.05, 3.63) is 144 Å². The number of ether oxygens (including phenoxy) is 1. The number of para-hydroxylation sites is 3. The molecular formula is C43H35N3O3S3Zn2. The van der Waals surface area contributed by atoms with Crippen LogP contribution in [-0.4, -0.2) is 32.3 Å². The van der Waals surface area contributed by atoms with Crippen molar-refractivity contribution in [2.45, 2.75) is 20.8 Å². The molecule has 0 radical (unpaired) electrons. The van der Waals surface area contributed by atoms with Gasteiger partial charge in [0.25, 0.3) is 0 Å². The van der Waals surface area contributed by atoms with E-state index in [0.29, 0.717) is 0 Å². The normalized spacial score (nSPS) is 10.4. The fourth-order valence-corrected chi connectivity index (χ4v) is 8.52. The monoisotopic (exact) mass is 865 g/mol. The summed E-state index contributed by atoms with van der Waals surface area (Å²) in [7, 11) is 1.69. The summed E-state index contributed by atoms with van der Waals surface area (Å²) in [6.07, 6.45) is 0. The molecule has 0 bridgehead atoms. The minimum absolute atomic E-state index is 0. The van der Waals surface area contributed by atoms with Crippen LogP contribution >= 0.6 is 34.0 Å². The molecule has 3 aromatic heterocycles. The van der Waals surface area contributed by atoms with E-state index in [1.807, 2.05) is 60.7 Å². The molecule has 3 heterocycles. The van der Waals surface area contributed by atoms with Crippen molar-refractivity contribution in [3.63, 3.8) is 0 Å². The first-order chi connectivity index (χ1) is 25.2. The van der Waals surface area contributed by atoms with Gasteiger partial charge in [-0.1, -0.05) is 54.6 Å². The Bertz CT molecular complexity index is 2550. The molecule has 6 nitrogen and oxygen atoms in total. The zero-order valence-electron chi connectivity index (χ0n) is 30.4. The van der Waals surface area contributed by atoms with Gasteiger partial charge in [-0.3, -0.25) is 0 Å². The molecule has 0 spiro atoms. The van der Waals surface area contributed by atoms with Gasteiger partial charge in [-0.15, -0.1) is 34.0 Å². The predicted octanol–water partition coefficient (Wildman–Crippen LogP) is 12.2. The van der Waals surface area contributed by atoms with Gasteiger partial charge in [0.2, 0.25) is 0 Å². The molecule has 0 amide bonds. The van der Waals surface area contributed by atoms with E-state index in [2.05, 4.69) is 85.3 Å². The van der Waals surface area contributed by atoms with Crippen molar-refractivity contribution in [1.29, 1.82) is 0 Å². The molecule has 9 rings (SSSR count). The minimum Gasteiger partial charge on any atom is -0.507 e. The standard InChI is InChI=1S/C15H13NOS.2C14H11NOS.2Zn/c1-10-7-8-14-12(9-10)16-15(18-14)11-5-3-4-6-13(11)17-2;2*1-9-6-7-13-11(8-9)15-14(17-13)10-4-2-3-5-12(10)16;;/h3-9H,1-2H3;2*2-8,16H,1H3;;. The Morgan fingerprint density at radius 3 is 1.15 bits per heavy atom. The topological polar surface area (TPSA) is 88.4 Å². The number of hydrogen-bond donors (Lipinski definition) is 2. The van der Waals surface area contributed by atoms with E-state index in [0.717, 1.165) is 63.4 Å². The summed E-state index contributed by atoms with van der Waals surface area (Å²) in [5, 5.41) is 22.4. The molecule has 6 aromatic carbocycles. The average Bonchev–Trinajstić information content (AvgIpc) is 3.89. The molecule has 0 aliphatic carbocycles. The Morgan fingerprint density at radius 1 is 0.444 bits per heavy atom. The van der Waals surface area contributed by atoms with Crippen LogP contribution in [0.25, 0.3) is 62.4 Å². The van der Waals surface area contributed by atoms with Crippen LogP contribution in [0.5, 0.6) is 17.2 Å². The Morgan fingerprint density at radius 2 is 0.778 bits per heavy atom. The maximum atomic E-state index is 9.81. The number of thiazole rings is 3. The van der Waals surface area contributed by atoms with E-state index in [4.69, 9.17) is 9.72 Å². The van der Waals surface area contributed by atoms with Gasteiger partial charge in [-0.05, 0) is 110 Å². The average molecular weight is 869 g/mol. The van der Waals surface area contributed by atoms with Crippen LogP contribution in [0.3, 0.4) is 0 Å². The first-order valence-electron chi connectivity index (χ1n) is 16.6. The molecule has 0 saturated carbocycles. The summed E-state index contributed by atoms with van der Waals surface area (Å²) in [6, 6.07) is 41.4. The molecule has 0 fully saturated rings. The van der Waals surface area contributed by atoms with Crippen LogP contribution in [-0.2, 0) is 39.0 Å². The molecule has 2 N–H and O–H groups in total. The number of hydrogen-bond acceptors (Lipinski definition) is 9. The first-order valence-corrected chi connectivity index (χ1v) is 19.0. The summed E-state index contributed by atoms with van der Waals surface area (Å²) in [5.74, 6) is 1.43. The van der Waals surface area contributed by atoms with Crippen molar-refractivity contribution in [1.82, 2.24) is 15.0 Å². The number of rotatable bonds is 4. The number of aromatic hydroxyl groups is 2. The van der Waals surface area contributed by atoms with E-state index in [1.165, 1.54) is 21.4 Å². The second-order valence-corrected chi connectivity index (χ2v) is 15.3. The van der Waals surface area contributed by atoms with Crippen molar-refractivity contribution in [3.8, 4) is 49.0 Å². The maximum absolute atomic E-state index is 9.81. The number of aromatic nitrogens is 3. The van der Waals surface area contributed by atoms with Gasteiger partial charge in [-0.25, -0.2) is 15.0 Å². The van der Waals surface area contributed by atoms with Crippen molar-refractivity contribution in [2.24, 2.45) is 0 Å². The molecule has 11 heteroatoms. The Kier molecular flexibility index (Phi) is 13.8. The quantitative estimate of drug-likeness (QED) is 0.171. The second-order valence-electron chi connectivity index (χ2n) is 12.2. The largest absolute Gasteiger partial charge is 0.507 e. The summed E-state index contributed by atoms with van der Waals surface area (Å²) in [4.78, 5) is 13.8. The molecule has 0 atom stereocenters. The van der Waals surface area contributed by atoms with Crippen LogP contribution in [0.15, 0.2) is 127 Å². The summed E-state index contributed by atoms with van der Waals surface area (Å²) in [5.41, 5.74) is 9.33. The summed E-state index contributed by atoms with van der Waals surface area (Å²) < 4.78 is 8.89.